The summed E-state index contributed by atoms with van der Waals surface area (Å²) >= 11 is 6.60. The summed E-state index contributed by atoms with van der Waals surface area (Å²) in [5, 5.41) is 20.2. The van der Waals surface area contributed by atoms with Gasteiger partial charge in [0.1, 0.15) is 27.7 Å². The van der Waals surface area contributed by atoms with Crippen LogP contribution in [0.25, 0.3) is 23.3 Å². The number of rotatable bonds is 11. The Morgan fingerprint density at radius 3 is 2.59 bits per heavy atom. The number of carboxylic acids is 1. The molecule has 0 saturated carbocycles. The predicted molar refractivity (Wildman–Crippen MR) is 162 cm³/mol. The molecule has 9 heteroatoms. The Bertz CT molecular complexity index is 1560. The van der Waals surface area contributed by atoms with E-state index >= 15 is 0 Å². The van der Waals surface area contributed by atoms with Gasteiger partial charge in [0, 0.05) is 18.4 Å². The van der Waals surface area contributed by atoms with Crippen molar-refractivity contribution in [3.05, 3.63) is 87.9 Å². The number of hydrogen-bond donors (Lipinski definition) is 1. The standard InChI is InChI=1S/C32H33ClN2O5S/c1-41(38,39)18-8-17-40-31-20-25(26(19-29(31)33)22-35-16-6-5-13-30(35)32(36)37)15-14-24-11-7-12-27(28(24)21-34)23-9-3-2-4-10-23/h2-4,7,9-12,14-15,19-20,30H,5-6,8,13,16-18,22H2,1H3,(H,36,37)/b15-14+/t30-/m0/s1. The van der Waals surface area contributed by atoms with Gasteiger partial charge in [0.2, 0.25) is 0 Å². The third-order valence-electron chi connectivity index (χ3n) is 7.12. The number of carboxylic acid groups (broad SMARTS) is 1. The molecule has 1 atom stereocenters. The Balaban J connectivity index is 1.69. The number of nitriles is 1. The monoisotopic (exact) mass is 592 g/mol. The lowest BCUT2D eigenvalue weighted by atomic mass is 9.95. The number of aliphatic carboxylic acids is 1. The molecule has 0 spiro atoms. The summed E-state index contributed by atoms with van der Waals surface area (Å²) < 4.78 is 28.9. The van der Waals surface area contributed by atoms with Gasteiger partial charge >= 0.3 is 5.97 Å². The Morgan fingerprint density at radius 2 is 1.88 bits per heavy atom. The van der Waals surface area contributed by atoms with Crippen LogP contribution in [0.15, 0.2) is 60.7 Å². The molecule has 1 aliphatic heterocycles. The molecule has 1 heterocycles. The SMILES string of the molecule is CS(=O)(=O)CCCOc1cc(/C=C/c2cccc(-c3ccccc3)c2C#N)c(CN2CCCC[C@H]2C(=O)O)cc1Cl. The van der Waals surface area contributed by atoms with Crippen LogP contribution >= 0.6 is 11.6 Å². The van der Waals surface area contributed by atoms with Gasteiger partial charge in [-0.15, -0.1) is 0 Å². The molecule has 0 unspecified atom stereocenters. The second kappa shape index (κ2) is 13.8. The molecule has 0 aromatic heterocycles. The summed E-state index contributed by atoms with van der Waals surface area (Å²) in [6.45, 7) is 1.24. The first-order valence-corrected chi connectivity index (χ1v) is 16.0. The fourth-order valence-corrected chi connectivity index (χ4v) is 5.95. The fraction of sp³-hybridized carbons (Fsp3) is 0.312. The Kier molecular flexibility index (Phi) is 10.2. The van der Waals surface area contributed by atoms with Crippen LogP contribution in [0.4, 0.5) is 0 Å². The molecule has 1 fully saturated rings. The number of likely N-dealkylation sites (tertiary alicyclic amines) is 1. The largest absolute Gasteiger partial charge is 0.492 e. The van der Waals surface area contributed by atoms with Gasteiger partial charge < -0.3 is 9.84 Å². The highest BCUT2D eigenvalue weighted by Gasteiger charge is 2.29. The van der Waals surface area contributed by atoms with Crippen molar-refractivity contribution in [3.63, 3.8) is 0 Å². The summed E-state index contributed by atoms with van der Waals surface area (Å²) in [6.07, 6.45) is 7.65. The number of halogens is 1. The van der Waals surface area contributed by atoms with Crippen molar-refractivity contribution in [2.24, 2.45) is 0 Å². The molecular weight excluding hydrogens is 560 g/mol. The van der Waals surface area contributed by atoms with Crippen molar-refractivity contribution < 1.29 is 23.1 Å². The first-order chi connectivity index (χ1) is 19.7. The van der Waals surface area contributed by atoms with E-state index in [1.807, 2.05) is 65.6 Å². The lowest BCUT2D eigenvalue weighted by Crippen LogP contribution is -2.44. The molecule has 0 bridgehead atoms. The van der Waals surface area contributed by atoms with E-state index < -0.39 is 21.8 Å². The molecular formula is C32H33ClN2O5S. The number of benzene rings is 3. The number of sulfone groups is 1. The van der Waals surface area contributed by atoms with Crippen LogP contribution in [0.5, 0.6) is 5.75 Å². The molecule has 4 rings (SSSR count). The van der Waals surface area contributed by atoms with Crippen LogP contribution < -0.4 is 4.74 Å². The average Bonchev–Trinajstić information content (AvgIpc) is 2.95. The van der Waals surface area contributed by atoms with E-state index in [1.54, 1.807) is 12.1 Å². The van der Waals surface area contributed by atoms with Crippen molar-refractivity contribution in [2.45, 2.75) is 38.3 Å². The molecule has 214 valence electrons. The summed E-state index contributed by atoms with van der Waals surface area (Å²) in [7, 11) is -3.11. The van der Waals surface area contributed by atoms with Crippen molar-refractivity contribution in [3.8, 4) is 22.9 Å². The molecule has 0 amide bonds. The predicted octanol–water partition coefficient (Wildman–Crippen LogP) is 6.30. The average molecular weight is 593 g/mol. The number of carbonyl (C=O) groups is 1. The van der Waals surface area contributed by atoms with E-state index in [0.717, 1.165) is 40.7 Å². The van der Waals surface area contributed by atoms with E-state index in [0.29, 0.717) is 42.3 Å². The molecule has 3 aromatic rings. The molecule has 41 heavy (non-hydrogen) atoms. The Labute approximate surface area is 246 Å². The van der Waals surface area contributed by atoms with Crippen molar-refractivity contribution in [1.29, 1.82) is 5.26 Å². The van der Waals surface area contributed by atoms with Crippen LogP contribution in [0.3, 0.4) is 0 Å². The molecule has 1 saturated heterocycles. The number of hydrogen-bond acceptors (Lipinski definition) is 6. The number of piperidine rings is 1. The summed E-state index contributed by atoms with van der Waals surface area (Å²) in [4.78, 5) is 13.9. The number of ether oxygens (including phenoxy) is 1. The minimum Gasteiger partial charge on any atom is -0.492 e. The highest BCUT2D eigenvalue weighted by atomic mass is 35.5. The maximum atomic E-state index is 11.9. The van der Waals surface area contributed by atoms with Gasteiger partial charge in [0.05, 0.1) is 22.9 Å². The van der Waals surface area contributed by atoms with Crippen LogP contribution in [0.1, 0.15) is 47.9 Å². The highest BCUT2D eigenvalue weighted by molar-refractivity contribution is 7.90. The zero-order chi connectivity index (χ0) is 29.4. The summed E-state index contributed by atoms with van der Waals surface area (Å²) in [5.41, 5.74) is 4.67. The van der Waals surface area contributed by atoms with Crippen molar-refractivity contribution >= 4 is 39.6 Å². The molecule has 1 N–H and O–H groups in total. The first kappa shape index (κ1) is 30.3. The minimum absolute atomic E-state index is 0.00961. The van der Waals surface area contributed by atoms with E-state index in [2.05, 4.69) is 6.07 Å². The third-order valence-corrected chi connectivity index (χ3v) is 8.44. The minimum atomic E-state index is -3.11. The Hall–Kier alpha value is -3.64. The lowest BCUT2D eigenvalue weighted by Gasteiger charge is -2.33. The Morgan fingerprint density at radius 1 is 1.12 bits per heavy atom. The van der Waals surface area contributed by atoms with Crippen molar-refractivity contribution in [2.75, 3.05) is 25.2 Å². The van der Waals surface area contributed by atoms with Gasteiger partial charge in [-0.2, -0.15) is 5.26 Å². The normalized spacial score (nSPS) is 16.0. The molecule has 0 aliphatic carbocycles. The first-order valence-electron chi connectivity index (χ1n) is 13.5. The fourth-order valence-electron chi connectivity index (χ4n) is 5.07. The van der Waals surface area contributed by atoms with Crippen molar-refractivity contribution in [1.82, 2.24) is 4.90 Å². The van der Waals surface area contributed by atoms with E-state index in [4.69, 9.17) is 16.3 Å². The van der Waals surface area contributed by atoms with Gasteiger partial charge in [0.15, 0.2) is 0 Å². The zero-order valence-corrected chi connectivity index (χ0v) is 24.5. The zero-order valence-electron chi connectivity index (χ0n) is 22.9. The van der Waals surface area contributed by atoms with Gasteiger partial charge in [0.25, 0.3) is 0 Å². The van der Waals surface area contributed by atoms with Crippen LogP contribution in [0.2, 0.25) is 5.02 Å². The topological polar surface area (TPSA) is 108 Å². The van der Waals surface area contributed by atoms with Gasteiger partial charge in [-0.25, -0.2) is 8.42 Å². The van der Waals surface area contributed by atoms with Crippen LogP contribution in [-0.4, -0.2) is 55.6 Å². The van der Waals surface area contributed by atoms with Gasteiger partial charge in [-0.1, -0.05) is 78.7 Å². The molecule has 1 aliphatic rings. The molecule has 0 radical (unpaired) electrons. The maximum absolute atomic E-state index is 11.9. The quantitative estimate of drug-likeness (QED) is 0.205. The molecule has 7 nitrogen and oxygen atoms in total. The highest BCUT2D eigenvalue weighted by Crippen LogP contribution is 2.33. The smallest absolute Gasteiger partial charge is 0.320 e. The second-order valence-electron chi connectivity index (χ2n) is 10.2. The third kappa shape index (κ3) is 8.20. The van der Waals surface area contributed by atoms with Gasteiger partial charge in [-0.05, 0) is 60.2 Å². The second-order valence-corrected chi connectivity index (χ2v) is 12.9. The van der Waals surface area contributed by atoms with E-state index in [1.165, 1.54) is 6.26 Å². The lowest BCUT2D eigenvalue weighted by molar-refractivity contribution is -0.144. The van der Waals surface area contributed by atoms with Crippen LogP contribution in [0, 0.1) is 11.3 Å². The molecule has 3 aromatic carbocycles. The van der Waals surface area contributed by atoms with Crippen LogP contribution in [-0.2, 0) is 21.2 Å². The van der Waals surface area contributed by atoms with Gasteiger partial charge in [-0.3, -0.25) is 9.69 Å². The summed E-state index contributed by atoms with van der Waals surface area (Å²) in [6, 6.07) is 20.8. The number of nitrogens with zero attached hydrogens (tertiary/aromatic N) is 2. The maximum Gasteiger partial charge on any atom is 0.320 e. The van der Waals surface area contributed by atoms with E-state index in [9.17, 15) is 23.6 Å². The summed E-state index contributed by atoms with van der Waals surface area (Å²) in [5.74, 6) is -0.416. The van der Waals surface area contributed by atoms with E-state index in [-0.39, 0.29) is 12.4 Å².